The van der Waals surface area contributed by atoms with Crippen LogP contribution in [0.2, 0.25) is 0 Å². The lowest BCUT2D eigenvalue weighted by Gasteiger charge is -2.19. The maximum absolute atomic E-state index is 5.53. The Bertz CT molecular complexity index is 336. The Labute approximate surface area is 90.6 Å². The van der Waals surface area contributed by atoms with Crippen molar-refractivity contribution in [1.29, 1.82) is 0 Å². The summed E-state index contributed by atoms with van der Waals surface area (Å²) in [6.07, 6.45) is 1.05. The van der Waals surface area contributed by atoms with E-state index in [1.54, 1.807) is 0 Å². The lowest BCUT2D eigenvalue weighted by atomic mass is 10.1. The molecule has 2 rings (SSSR count). The molecule has 0 bridgehead atoms. The number of nitrogens with zero attached hydrogens (tertiary/aromatic N) is 1. The summed E-state index contributed by atoms with van der Waals surface area (Å²) in [7, 11) is 4.16. The van der Waals surface area contributed by atoms with Crippen LogP contribution in [0.15, 0.2) is 18.2 Å². The van der Waals surface area contributed by atoms with E-state index in [4.69, 9.17) is 9.47 Å². The van der Waals surface area contributed by atoms with Crippen molar-refractivity contribution in [3.8, 4) is 11.5 Å². The fourth-order valence-electron chi connectivity index (χ4n) is 1.60. The average molecular weight is 207 g/mol. The van der Waals surface area contributed by atoms with Crippen molar-refractivity contribution in [1.82, 2.24) is 4.90 Å². The average Bonchev–Trinajstić information content (AvgIpc) is 2.26. The number of rotatable bonds is 3. The first kappa shape index (κ1) is 10.3. The molecule has 0 spiro atoms. The Kier molecular flexibility index (Phi) is 3.11. The van der Waals surface area contributed by atoms with Crippen LogP contribution in [-0.2, 0) is 6.42 Å². The molecule has 0 N–H and O–H groups in total. The van der Waals surface area contributed by atoms with Gasteiger partial charge in [0.25, 0.3) is 0 Å². The van der Waals surface area contributed by atoms with Gasteiger partial charge in [-0.3, -0.25) is 0 Å². The molecule has 0 radical (unpaired) electrons. The van der Waals surface area contributed by atoms with Gasteiger partial charge in [-0.15, -0.1) is 0 Å². The first-order valence-electron chi connectivity index (χ1n) is 5.29. The molecule has 0 amide bonds. The molecule has 0 unspecified atom stereocenters. The van der Waals surface area contributed by atoms with Gasteiger partial charge in [-0.1, -0.05) is 6.07 Å². The summed E-state index contributed by atoms with van der Waals surface area (Å²) in [6, 6.07) is 6.19. The largest absolute Gasteiger partial charge is 0.486 e. The molecule has 3 heteroatoms. The normalized spacial score (nSPS) is 14.3. The maximum Gasteiger partial charge on any atom is 0.161 e. The quantitative estimate of drug-likeness (QED) is 0.751. The Morgan fingerprint density at radius 3 is 2.60 bits per heavy atom. The highest BCUT2D eigenvalue weighted by Gasteiger charge is 2.11. The number of hydrogen-bond acceptors (Lipinski definition) is 3. The van der Waals surface area contributed by atoms with Crippen LogP contribution in [0.3, 0.4) is 0 Å². The van der Waals surface area contributed by atoms with E-state index in [1.807, 2.05) is 6.07 Å². The summed E-state index contributed by atoms with van der Waals surface area (Å²) in [5.41, 5.74) is 1.30. The second-order valence-corrected chi connectivity index (χ2v) is 4.03. The molecule has 0 fully saturated rings. The highest BCUT2D eigenvalue weighted by atomic mass is 16.6. The van der Waals surface area contributed by atoms with Gasteiger partial charge in [0.05, 0.1) is 0 Å². The van der Waals surface area contributed by atoms with Crippen LogP contribution >= 0.6 is 0 Å². The summed E-state index contributed by atoms with van der Waals surface area (Å²) in [5, 5.41) is 0. The molecule has 0 saturated carbocycles. The minimum absolute atomic E-state index is 0.657. The summed E-state index contributed by atoms with van der Waals surface area (Å²) in [5.74, 6) is 1.76. The van der Waals surface area contributed by atoms with Gasteiger partial charge < -0.3 is 14.4 Å². The maximum atomic E-state index is 5.53. The van der Waals surface area contributed by atoms with Crippen LogP contribution in [0.4, 0.5) is 0 Å². The third kappa shape index (κ3) is 2.63. The number of benzene rings is 1. The minimum atomic E-state index is 0.657. The van der Waals surface area contributed by atoms with Crippen molar-refractivity contribution < 1.29 is 9.47 Å². The molecule has 82 valence electrons. The summed E-state index contributed by atoms with van der Waals surface area (Å²) < 4.78 is 11.0. The Morgan fingerprint density at radius 1 is 1.13 bits per heavy atom. The van der Waals surface area contributed by atoms with E-state index >= 15 is 0 Å². The van der Waals surface area contributed by atoms with Crippen molar-refractivity contribution in [2.45, 2.75) is 6.42 Å². The molecular formula is C12H17NO2. The monoisotopic (exact) mass is 207 g/mol. The van der Waals surface area contributed by atoms with E-state index < -0.39 is 0 Å². The van der Waals surface area contributed by atoms with Crippen LogP contribution in [0, 0.1) is 0 Å². The molecule has 3 nitrogen and oxygen atoms in total. The second-order valence-electron chi connectivity index (χ2n) is 4.03. The van der Waals surface area contributed by atoms with Crippen LogP contribution < -0.4 is 9.47 Å². The highest BCUT2D eigenvalue weighted by molar-refractivity contribution is 5.43. The predicted molar refractivity (Wildman–Crippen MR) is 59.7 cm³/mol. The lowest BCUT2D eigenvalue weighted by Crippen LogP contribution is -2.17. The van der Waals surface area contributed by atoms with Gasteiger partial charge in [0, 0.05) is 6.54 Å². The molecule has 1 aromatic carbocycles. The molecule has 15 heavy (non-hydrogen) atoms. The van der Waals surface area contributed by atoms with E-state index in [9.17, 15) is 0 Å². The number of ether oxygens (including phenoxy) is 2. The third-order valence-corrected chi connectivity index (χ3v) is 2.45. The van der Waals surface area contributed by atoms with Crippen LogP contribution in [0.5, 0.6) is 11.5 Å². The number of hydrogen-bond donors (Lipinski definition) is 0. The zero-order valence-electron chi connectivity index (χ0n) is 9.32. The van der Waals surface area contributed by atoms with Crippen molar-refractivity contribution in [2.24, 2.45) is 0 Å². The first-order valence-corrected chi connectivity index (χ1v) is 5.29. The molecule has 1 aliphatic rings. The van der Waals surface area contributed by atoms with E-state index in [1.165, 1.54) is 5.56 Å². The smallest absolute Gasteiger partial charge is 0.161 e. The van der Waals surface area contributed by atoms with Crippen molar-refractivity contribution in [3.05, 3.63) is 23.8 Å². The molecule has 0 aliphatic carbocycles. The van der Waals surface area contributed by atoms with Gasteiger partial charge in [0.2, 0.25) is 0 Å². The van der Waals surface area contributed by atoms with E-state index in [0.717, 1.165) is 24.5 Å². The van der Waals surface area contributed by atoms with Crippen LogP contribution in [0.25, 0.3) is 0 Å². The molecule has 1 aliphatic heterocycles. The van der Waals surface area contributed by atoms with Crippen molar-refractivity contribution in [2.75, 3.05) is 33.9 Å². The zero-order valence-corrected chi connectivity index (χ0v) is 9.32. The van der Waals surface area contributed by atoms with Crippen molar-refractivity contribution >= 4 is 0 Å². The number of likely N-dealkylation sites (N-methyl/N-ethyl adjacent to an activating group) is 1. The summed E-state index contributed by atoms with van der Waals surface area (Å²) in [4.78, 5) is 2.18. The topological polar surface area (TPSA) is 21.7 Å². The molecule has 0 saturated heterocycles. The lowest BCUT2D eigenvalue weighted by molar-refractivity contribution is 0.171. The van der Waals surface area contributed by atoms with Gasteiger partial charge in [-0.25, -0.2) is 0 Å². The Balaban J connectivity index is 2.07. The van der Waals surface area contributed by atoms with E-state index in [0.29, 0.717) is 13.2 Å². The van der Waals surface area contributed by atoms with E-state index in [2.05, 4.69) is 31.1 Å². The molecule has 1 heterocycles. The van der Waals surface area contributed by atoms with Gasteiger partial charge in [0.1, 0.15) is 13.2 Å². The number of fused-ring (bicyclic) bond motifs is 1. The van der Waals surface area contributed by atoms with Gasteiger partial charge in [-0.2, -0.15) is 0 Å². The predicted octanol–water partition coefficient (Wildman–Crippen LogP) is 1.56. The molecule has 0 aromatic heterocycles. The Morgan fingerprint density at radius 2 is 1.87 bits per heavy atom. The summed E-state index contributed by atoms with van der Waals surface area (Å²) in [6.45, 7) is 2.37. The third-order valence-electron chi connectivity index (χ3n) is 2.45. The molecule has 0 atom stereocenters. The van der Waals surface area contributed by atoms with E-state index in [-0.39, 0.29) is 0 Å². The molecular weight excluding hydrogens is 190 g/mol. The zero-order chi connectivity index (χ0) is 10.7. The fraction of sp³-hybridized carbons (Fsp3) is 0.500. The second kappa shape index (κ2) is 4.53. The van der Waals surface area contributed by atoms with Gasteiger partial charge >= 0.3 is 0 Å². The summed E-state index contributed by atoms with van der Waals surface area (Å²) >= 11 is 0. The standard InChI is InChI=1S/C12H17NO2/c1-13(2)6-5-10-3-4-11-12(9-10)15-8-7-14-11/h3-4,9H,5-8H2,1-2H3. The SMILES string of the molecule is CN(C)CCc1ccc2c(c1)OCCO2. The minimum Gasteiger partial charge on any atom is -0.486 e. The molecule has 1 aromatic rings. The Hall–Kier alpha value is -1.22. The fourth-order valence-corrected chi connectivity index (χ4v) is 1.60. The highest BCUT2D eigenvalue weighted by Crippen LogP contribution is 2.30. The van der Waals surface area contributed by atoms with Crippen LogP contribution in [-0.4, -0.2) is 38.8 Å². The van der Waals surface area contributed by atoms with Gasteiger partial charge in [-0.05, 0) is 38.2 Å². The van der Waals surface area contributed by atoms with Crippen LogP contribution in [0.1, 0.15) is 5.56 Å². The first-order chi connectivity index (χ1) is 7.25. The van der Waals surface area contributed by atoms with Crippen molar-refractivity contribution in [3.63, 3.8) is 0 Å². The van der Waals surface area contributed by atoms with Gasteiger partial charge in [0.15, 0.2) is 11.5 Å².